The number of benzene rings is 1. The molecule has 0 spiro atoms. The molecule has 1 aliphatic heterocycles. The summed E-state index contributed by atoms with van der Waals surface area (Å²) >= 11 is 3.30. The lowest BCUT2D eigenvalue weighted by molar-refractivity contribution is -0.135. The normalized spacial score (nSPS) is 16.5. The molecule has 34 heavy (non-hydrogen) atoms. The van der Waals surface area contributed by atoms with E-state index in [2.05, 4.69) is 41.2 Å². The van der Waals surface area contributed by atoms with E-state index in [4.69, 9.17) is 4.74 Å². The lowest BCUT2D eigenvalue weighted by atomic mass is 10.0. The Morgan fingerprint density at radius 1 is 1.12 bits per heavy atom. The average Bonchev–Trinajstić information content (AvgIpc) is 3.52. The summed E-state index contributed by atoms with van der Waals surface area (Å²) in [5, 5.41) is 2.67. The molecule has 2 unspecified atom stereocenters. The van der Waals surface area contributed by atoms with Crippen molar-refractivity contribution in [1.29, 1.82) is 0 Å². The second kappa shape index (κ2) is 10.3. The van der Waals surface area contributed by atoms with Crippen LogP contribution in [0.1, 0.15) is 38.6 Å². The molecule has 0 radical (unpaired) electrons. The van der Waals surface area contributed by atoms with Crippen molar-refractivity contribution in [3.05, 3.63) is 53.3 Å². The highest BCUT2D eigenvalue weighted by Gasteiger charge is 2.37. The van der Waals surface area contributed by atoms with E-state index >= 15 is 0 Å². The van der Waals surface area contributed by atoms with Crippen molar-refractivity contribution < 1.29 is 14.3 Å². The Morgan fingerprint density at radius 2 is 1.85 bits per heavy atom. The molecule has 0 bridgehead atoms. The smallest absolute Gasteiger partial charge is 0.407 e. The summed E-state index contributed by atoms with van der Waals surface area (Å²) in [7, 11) is 1.29. The van der Waals surface area contributed by atoms with Crippen molar-refractivity contribution >= 4 is 27.9 Å². The largest absolute Gasteiger partial charge is 0.453 e. The number of hydrogen-bond donors (Lipinski definition) is 2. The van der Waals surface area contributed by atoms with Crippen LogP contribution in [0.2, 0.25) is 0 Å². The third-order valence-electron chi connectivity index (χ3n) is 5.95. The molecule has 178 valence electrons. The van der Waals surface area contributed by atoms with Crippen LogP contribution in [0.25, 0.3) is 22.5 Å². The minimum Gasteiger partial charge on any atom is -0.453 e. The van der Waals surface area contributed by atoms with Crippen molar-refractivity contribution in [2.75, 3.05) is 13.7 Å². The number of imidazole rings is 1. The second-order valence-electron chi connectivity index (χ2n) is 8.53. The van der Waals surface area contributed by atoms with Crippen LogP contribution in [-0.4, -0.2) is 56.5 Å². The maximum Gasteiger partial charge on any atom is 0.407 e. The van der Waals surface area contributed by atoms with E-state index in [-0.39, 0.29) is 17.9 Å². The molecule has 2 N–H and O–H groups in total. The predicted molar refractivity (Wildman–Crippen MR) is 131 cm³/mol. The number of nitrogens with one attached hydrogen (secondary N) is 2. The quantitative estimate of drug-likeness (QED) is 0.493. The van der Waals surface area contributed by atoms with Gasteiger partial charge in [0.2, 0.25) is 5.91 Å². The molecule has 3 heterocycles. The summed E-state index contributed by atoms with van der Waals surface area (Å²) in [5.74, 6) is 0.541. The molecule has 4 rings (SSSR count). The number of carbonyl (C=O) groups excluding carboxylic acids is 2. The summed E-state index contributed by atoms with van der Waals surface area (Å²) < 4.78 is 5.39. The van der Waals surface area contributed by atoms with Gasteiger partial charge < -0.3 is 19.9 Å². The topological polar surface area (TPSA) is 113 Å². The molecule has 9 nitrogen and oxygen atoms in total. The molecule has 1 fully saturated rings. The number of H-pyrrole nitrogens is 1. The zero-order valence-corrected chi connectivity index (χ0v) is 20.9. The SMILES string of the molecule is COC(=O)NC(C(=O)N1CCCC1c1ncc(-c2ccc(-c3cnc(Br)cn3)cc2)[nH]1)C(C)C. The number of ether oxygens (including phenoxy) is 1. The van der Waals surface area contributed by atoms with Gasteiger partial charge in [0.15, 0.2) is 0 Å². The van der Waals surface area contributed by atoms with Crippen molar-refractivity contribution in [2.24, 2.45) is 5.92 Å². The van der Waals surface area contributed by atoms with Gasteiger partial charge in [-0.15, -0.1) is 0 Å². The van der Waals surface area contributed by atoms with E-state index in [1.54, 1.807) is 23.5 Å². The van der Waals surface area contributed by atoms with E-state index in [9.17, 15) is 9.59 Å². The van der Waals surface area contributed by atoms with Crippen molar-refractivity contribution in [3.8, 4) is 22.5 Å². The van der Waals surface area contributed by atoms with Crippen LogP contribution in [0.5, 0.6) is 0 Å². The highest BCUT2D eigenvalue weighted by molar-refractivity contribution is 9.10. The standard InChI is InChI=1S/C24H27BrN6O3/c1-14(2)21(30-24(33)34-3)23(32)31-10-4-5-19(31)22-28-12-18(29-22)16-8-6-15(7-9-16)17-11-27-20(25)13-26-17/h6-9,11-14,19,21H,4-5,10H2,1-3H3,(H,28,29)(H,30,33). The van der Waals surface area contributed by atoms with Crippen LogP contribution in [0.4, 0.5) is 4.79 Å². The molecular weight excluding hydrogens is 500 g/mol. The van der Waals surface area contributed by atoms with Gasteiger partial charge in [0.05, 0.1) is 43.1 Å². The summed E-state index contributed by atoms with van der Waals surface area (Å²) in [6.07, 6.45) is 6.25. The fourth-order valence-corrected chi connectivity index (χ4v) is 4.33. The zero-order chi connectivity index (χ0) is 24.2. The first-order chi connectivity index (χ1) is 16.4. The van der Waals surface area contributed by atoms with E-state index in [0.717, 1.165) is 41.2 Å². The van der Waals surface area contributed by atoms with Crippen LogP contribution in [0, 0.1) is 5.92 Å². The minimum absolute atomic E-state index is 0.0751. The molecule has 2 amide bonds. The second-order valence-corrected chi connectivity index (χ2v) is 9.34. The van der Waals surface area contributed by atoms with Crippen LogP contribution >= 0.6 is 15.9 Å². The molecule has 2 aromatic heterocycles. The third-order valence-corrected chi connectivity index (χ3v) is 6.36. The third kappa shape index (κ3) is 5.11. The van der Waals surface area contributed by atoms with Gasteiger partial charge in [-0.1, -0.05) is 38.1 Å². The maximum absolute atomic E-state index is 13.3. The van der Waals surface area contributed by atoms with Crippen LogP contribution in [0.3, 0.4) is 0 Å². The Kier molecular flexibility index (Phi) is 7.26. The van der Waals surface area contributed by atoms with Gasteiger partial charge in [-0.3, -0.25) is 9.78 Å². The monoisotopic (exact) mass is 526 g/mol. The van der Waals surface area contributed by atoms with Gasteiger partial charge in [0.1, 0.15) is 16.5 Å². The average molecular weight is 527 g/mol. The van der Waals surface area contributed by atoms with Gasteiger partial charge in [0, 0.05) is 12.1 Å². The van der Waals surface area contributed by atoms with Crippen molar-refractivity contribution in [1.82, 2.24) is 30.2 Å². The van der Waals surface area contributed by atoms with Crippen LogP contribution < -0.4 is 5.32 Å². The number of likely N-dealkylation sites (tertiary alicyclic amines) is 1. The molecule has 0 aliphatic carbocycles. The Bertz CT molecular complexity index is 1150. The number of aromatic amines is 1. The summed E-state index contributed by atoms with van der Waals surface area (Å²) in [4.78, 5) is 43.4. The minimum atomic E-state index is -0.656. The van der Waals surface area contributed by atoms with Crippen LogP contribution in [-0.2, 0) is 9.53 Å². The molecule has 1 aromatic carbocycles. The number of methoxy groups -OCH3 is 1. The van der Waals surface area contributed by atoms with Gasteiger partial charge in [-0.05, 0) is 40.3 Å². The predicted octanol–water partition coefficient (Wildman–Crippen LogP) is 4.34. The first-order valence-corrected chi connectivity index (χ1v) is 11.9. The molecular formula is C24H27BrN6O3. The molecule has 0 saturated carbocycles. The number of hydrogen-bond acceptors (Lipinski definition) is 6. The fourth-order valence-electron chi connectivity index (χ4n) is 4.13. The van der Waals surface area contributed by atoms with Crippen molar-refractivity contribution in [3.63, 3.8) is 0 Å². The van der Waals surface area contributed by atoms with Gasteiger partial charge in [-0.2, -0.15) is 0 Å². The first kappa shape index (κ1) is 23.9. The summed E-state index contributed by atoms with van der Waals surface area (Å²) in [6, 6.07) is 7.16. The number of rotatable bonds is 6. The highest BCUT2D eigenvalue weighted by atomic mass is 79.9. The fraction of sp³-hybridized carbons (Fsp3) is 0.375. The van der Waals surface area contributed by atoms with Gasteiger partial charge in [-0.25, -0.2) is 14.8 Å². The van der Waals surface area contributed by atoms with E-state index in [1.165, 1.54) is 7.11 Å². The van der Waals surface area contributed by atoms with E-state index in [1.807, 2.05) is 38.1 Å². The lowest BCUT2D eigenvalue weighted by Crippen LogP contribution is -2.51. The molecule has 1 saturated heterocycles. The number of halogens is 1. The van der Waals surface area contributed by atoms with Crippen LogP contribution in [0.15, 0.2) is 47.5 Å². The maximum atomic E-state index is 13.3. The molecule has 1 aliphatic rings. The number of alkyl carbamates (subject to hydrolysis) is 1. The van der Waals surface area contributed by atoms with E-state index in [0.29, 0.717) is 11.1 Å². The Labute approximate surface area is 206 Å². The Morgan fingerprint density at radius 3 is 2.50 bits per heavy atom. The summed E-state index contributed by atoms with van der Waals surface area (Å²) in [5.41, 5.74) is 3.61. The molecule has 3 aromatic rings. The molecule has 10 heteroatoms. The number of carbonyl (C=O) groups is 2. The Balaban J connectivity index is 1.51. The molecule has 2 atom stereocenters. The lowest BCUT2D eigenvalue weighted by Gasteiger charge is -2.30. The first-order valence-electron chi connectivity index (χ1n) is 11.2. The van der Waals surface area contributed by atoms with E-state index < -0.39 is 12.1 Å². The van der Waals surface area contributed by atoms with Crippen molar-refractivity contribution in [2.45, 2.75) is 38.8 Å². The van der Waals surface area contributed by atoms with Gasteiger partial charge >= 0.3 is 6.09 Å². The van der Waals surface area contributed by atoms with Gasteiger partial charge in [0.25, 0.3) is 0 Å². The zero-order valence-electron chi connectivity index (χ0n) is 19.3. The highest BCUT2D eigenvalue weighted by Crippen LogP contribution is 2.33. The number of amides is 2. The summed E-state index contributed by atoms with van der Waals surface area (Å²) in [6.45, 7) is 4.42. The number of nitrogens with zero attached hydrogens (tertiary/aromatic N) is 4. The Hall–Kier alpha value is -3.27. The number of aromatic nitrogens is 4.